The van der Waals surface area contributed by atoms with Crippen LogP contribution >= 0.6 is 0 Å². The number of aliphatic hydroxyl groups excluding tert-OH is 1. The molecule has 0 unspecified atom stereocenters. The SMILES string of the molecule is CO[C@H]1OC[C@@H](O)[C@@H]2O[Si](C(C)C)(C(C)C)O[Si](C(C)C)(C(C)C)O[C@@H]12. The second-order valence-corrected chi connectivity index (χ2v) is 17.6. The van der Waals surface area contributed by atoms with Gasteiger partial charge in [-0.05, 0) is 22.2 Å². The van der Waals surface area contributed by atoms with Crippen molar-refractivity contribution in [2.45, 2.75) is 102 Å². The zero-order valence-corrected chi connectivity index (χ0v) is 19.8. The summed E-state index contributed by atoms with van der Waals surface area (Å²) >= 11 is 0. The normalized spacial score (nSPS) is 34.4. The van der Waals surface area contributed by atoms with Crippen LogP contribution in [0.5, 0.6) is 0 Å². The summed E-state index contributed by atoms with van der Waals surface area (Å²) in [5, 5.41) is 10.7. The lowest BCUT2D eigenvalue weighted by molar-refractivity contribution is -0.252. The van der Waals surface area contributed by atoms with Crippen molar-refractivity contribution in [2.24, 2.45) is 0 Å². The van der Waals surface area contributed by atoms with Crippen molar-refractivity contribution in [3.05, 3.63) is 0 Å². The molecule has 2 aliphatic rings. The molecular formula is C18H38O6Si2. The largest absolute Gasteiger partial charge is 0.414 e. The van der Waals surface area contributed by atoms with Crippen LogP contribution in [0.3, 0.4) is 0 Å². The van der Waals surface area contributed by atoms with E-state index in [9.17, 15) is 5.11 Å². The minimum absolute atomic E-state index is 0.182. The van der Waals surface area contributed by atoms with Crippen molar-refractivity contribution >= 4 is 17.1 Å². The Labute approximate surface area is 161 Å². The van der Waals surface area contributed by atoms with E-state index in [1.165, 1.54) is 0 Å². The lowest BCUT2D eigenvalue weighted by Crippen LogP contribution is -2.59. The summed E-state index contributed by atoms with van der Waals surface area (Å²) in [6, 6.07) is 0. The molecule has 26 heavy (non-hydrogen) atoms. The van der Waals surface area contributed by atoms with Crippen molar-refractivity contribution in [1.82, 2.24) is 0 Å². The van der Waals surface area contributed by atoms with E-state index < -0.39 is 41.7 Å². The van der Waals surface area contributed by atoms with Gasteiger partial charge in [0.1, 0.15) is 18.3 Å². The summed E-state index contributed by atoms with van der Waals surface area (Å²) in [6.45, 7) is 17.6. The van der Waals surface area contributed by atoms with Gasteiger partial charge in [0.05, 0.1) is 6.61 Å². The fraction of sp³-hybridized carbons (Fsp3) is 1.00. The van der Waals surface area contributed by atoms with Gasteiger partial charge in [0.15, 0.2) is 6.29 Å². The van der Waals surface area contributed by atoms with Gasteiger partial charge in [-0.3, -0.25) is 0 Å². The van der Waals surface area contributed by atoms with Gasteiger partial charge in [0.25, 0.3) is 0 Å². The van der Waals surface area contributed by atoms with Gasteiger partial charge in [0, 0.05) is 7.11 Å². The second-order valence-electron chi connectivity index (χ2n) is 8.83. The molecule has 0 spiro atoms. The highest BCUT2D eigenvalue weighted by atomic mass is 28.5. The molecule has 2 aliphatic heterocycles. The van der Waals surface area contributed by atoms with Gasteiger partial charge < -0.3 is 27.5 Å². The third-order valence-electron chi connectivity index (χ3n) is 5.81. The molecule has 2 fully saturated rings. The molecule has 0 saturated carbocycles. The van der Waals surface area contributed by atoms with Crippen molar-refractivity contribution in [1.29, 1.82) is 0 Å². The molecule has 0 aromatic heterocycles. The van der Waals surface area contributed by atoms with E-state index in [-0.39, 0.29) is 28.8 Å². The van der Waals surface area contributed by atoms with Gasteiger partial charge in [0.2, 0.25) is 0 Å². The molecule has 2 heterocycles. The van der Waals surface area contributed by atoms with Crippen LogP contribution in [0, 0.1) is 0 Å². The number of hydrogen-bond donors (Lipinski definition) is 1. The number of rotatable bonds is 5. The fourth-order valence-corrected chi connectivity index (χ4v) is 15.6. The molecule has 8 heteroatoms. The van der Waals surface area contributed by atoms with Crippen LogP contribution in [-0.2, 0) is 22.4 Å². The lowest BCUT2D eigenvalue weighted by atomic mass is 10.1. The number of methoxy groups -OCH3 is 1. The van der Waals surface area contributed by atoms with Crippen molar-refractivity contribution in [3.63, 3.8) is 0 Å². The predicted octanol–water partition coefficient (Wildman–Crippen LogP) is 3.68. The van der Waals surface area contributed by atoms with E-state index in [1.54, 1.807) is 7.11 Å². The Morgan fingerprint density at radius 2 is 1.23 bits per heavy atom. The van der Waals surface area contributed by atoms with E-state index in [2.05, 4.69) is 55.4 Å². The van der Waals surface area contributed by atoms with E-state index >= 15 is 0 Å². The van der Waals surface area contributed by atoms with Gasteiger partial charge in [-0.25, -0.2) is 0 Å². The van der Waals surface area contributed by atoms with Crippen LogP contribution < -0.4 is 0 Å². The monoisotopic (exact) mass is 406 g/mol. The maximum Gasteiger partial charge on any atom is 0.335 e. The first-order chi connectivity index (χ1) is 12.0. The minimum Gasteiger partial charge on any atom is -0.414 e. The van der Waals surface area contributed by atoms with Crippen molar-refractivity contribution < 1.29 is 27.5 Å². The summed E-state index contributed by atoms with van der Waals surface area (Å²) in [6.07, 6.45) is -2.27. The summed E-state index contributed by atoms with van der Waals surface area (Å²) in [7, 11) is -3.75. The molecule has 0 aliphatic carbocycles. The standard InChI is InChI=1S/C18H38O6Si2/c1-11(2)25(12(3)4)22-16-15(19)10-21-18(20-9)17(16)23-26(24-25,13(5)6)14(7)8/h11-19H,10H2,1-9H3/t15-,16+,17-,18+/m1/s1. The molecule has 0 aromatic carbocycles. The zero-order chi connectivity index (χ0) is 19.9. The lowest BCUT2D eigenvalue weighted by Gasteiger charge is -2.45. The Morgan fingerprint density at radius 1 is 0.808 bits per heavy atom. The van der Waals surface area contributed by atoms with Crippen LogP contribution in [0.15, 0.2) is 0 Å². The number of aliphatic hydroxyl groups is 1. The summed E-state index contributed by atoms with van der Waals surface area (Å²) in [4.78, 5) is 0. The first-order valence-corrected chi connectivity index (χ1v) is 13.8. The van der Waals surface area contributed by atoms with Gasteiger partial charge in [-0.2, -0.15) is 0 Å². The molecule has 0 radical (unpaired) electrons. The summed E-state index contributed by atoms with van der Waals surface area (Å²) in [5.41, 5.74) is 0.965. The molecule has 0 bridgehead atoms. The quantitative estimate of drug-likeness (QED) is 0.703. The Hall–Kier alpha value is 0.194. The van der Waals surface area contributed by atoms with Crippen LogP contribution in [-0.4, -0.2) is 60.5 Å². The highest BCUT2D eigenvalue weighted by Gasteiger charge is 2.63. The Morgan fingerprint density at radius 3 is 1.62 bits per heavy atom. The average Bonchev–Trinajstić information content (AvgIpc) is 2.72. The third kappa shape index (κ3) is 3.71. The van der Waals surface area contributed by atoms with E-state index in [0.29, 0.717) is 0 Å². The van der Waals surface area contributed by atoms with Crippen LogP contribution in [0.2, 0.25) is 22.2 Å². The molecule has 1 N–H and O–H groups in total. The number of ether oxygens (including phenoxy) is 2. The topological polar surface area (TPSA) is 66.4 Å². The number of hydrogen-bond acceptors (Lipinski definition) is 6. The fourth-order valence-electron chi connectivity index (χ4n) is 4.30. The maximum absolute atomic E-state index is 10.7. The minimum atomic E-state index is -2.68. The average molecular weight is 407 g/mol. The van der Waals surface area contributed by atoms with E-state index in [4.69, 9.17) is 22.4 Å². The Bertz CT molecular complexity index is 455. The van der Waals surface area contributed by atoms with Crippen molar-refractivity contribution in [3.8, 4) is 0 Å². The zero-order valence-electron chi connectivity index (χ0n) is 17.8. The Balaban J connectivity index is 2.62. The molecule has 2 rings (SSSR count). The highest BCUT2D eigenvalue weighted by molar-refractivity contribution is 6.84. The second kappa shape index (κ2) is 8.28. The first kappa shape index (κ1) is 22.5. The molecule has 6 nitrogen and oxygen atoms in total. The number of fused-ring (bicyclic) bond motifs is 1. The van der Waals surface area contributed by atoms with Gasteiger partial charge >= 0.3 is 17.1 Å². The summed E-state index contributed by atoms with van der Waals surface area (Å²) < 4.78 is 31.9. The highest BCUT2D eigenvalue weighted by Crippen LogP contribution is 2.49. The first-order valence-electron chi connectivity index (χ1n) is 9.90. The molecule has 0 amide bonds. The van der Waals surface area contributed by atoms with Crippen LogP contribution in [0.1, 0.15) is 55.4 Å². The Kier molecular flexibility index (Phi) is 7.16. The van der Waals surface area contributed by atoms with E-state index in [0.717, 1.165) is 0 Å². The van der Waals surface area contributed by atoms with Crippen LogP contribution in [0.25, 0.3) is 0 Å². The molecule has 4 atom stereocenters. The molecule has 2 saturated heterocycles. The predicted molar refractivity (Wildman–Crippen MR) is 105 cm³/mol. The van der Waals surface area contributed by atoms with Crippen LogP contribution in [0.4, 0.5) is 0 Å². The van der Waals surface area contributed by atoms with Gasteiger partial charge in [-0.1, -0.05) is 55.4 Å². The molecule has 0 aromatic rings. The smallest absolute Gasteiger partial charge is 0.335 e. The molecular weight excluding hydrogens is 368 g/mol. The van der Waals surface area contributed by atoms with E-state index in [1.807, 2.05) is 0 Å². The van der Waals surface area contributed by atoms with Crippen molar-refractivity contribution in [2.75, 3.05) is 13.7 Å². The maximum atomic E-state index is 10.7. The van der Waals surface area contributed by atoms with Gasteiger partial charge in [-0.15, -0.1) is 0 Å². The third-order valence-corrected chi connectivity index (χ3v) is 16.1. The molecule has 154 valence electrons. The summed E-state index contributed by atoms with van der Waals surface area (Å²) in [5.74, 6) is 0.